The van der Waals surface area contributed by atoms with Gasteiger partial charge in [0.15, 0.2) is 11.7 Å². The van der Waals surface area contributed by atoms with E-state index in [0.29, 0.717) is 5.92 Å². The van der Waals surface area contributed by atoms with Gasteiger partial charge < -0.3 is 0 Å². The van der Waals surface area contributed by atoms with E-state index in [-0.39, 0.29) is 6.42 Å². The second-order valence-electron chi connectivity index (χ2n) is 6.67. The maximum atomic E-state index is 13.4. The van der Waals surface area contributed by atoms with E-state index >= 15 is 0 Å². The Balaban J connectivity index is 1.73. The SMILES string of the molecule is CC1CCC(c2ccc(C3C=C(F)C(F)=C(F)C3)cc2)CC1. The van der Waals surface area contributed by atoms with Crippen LogP contribution in [0.1, 0.15) is 62.0 Å². The minimum absolute atomic E-state index is 0.0977. The summed E-state index contributed by atoms with van der Waals surface area (Å²) >= 11 is 0. The molecule has 0 radical (unpaired) electrons. The first-order valence-electron chi connectivity index (χ1n) is 8.06. The molecule has 1 aromatic rings. The summed E-state index contributed by atoms with van der Waals surface area (Å²) in [5.41, 5.74) is 2.14. The van der Waals surface area contributed by atoms with Crippen LogP contribution in [-0.4, -0.2) is 0 Å². The highest BCUT2D eigenvalue weighted by Crippen LogP contribution is 2.39. The maximum Gasteiger partial charge on any atom is 0.189 e. The predicted octanol–water partition coefficient (Wildman–Crippen LogP) is 6.47. The first-order valence-corrected chi connectivity index (χ1v) is 8.06. The molecule has 1 fully saturated rings. The van der Waals surface area contributed by atoms with Gasteiger partial charge in [0, 0.05) is 12.3 Å². The molecule has 3 rings (SSSR count). The van der Waals surface area contributed by atoms with E-state index in [9.17, 15) is 13.2 Å². The molecule has 118 valence electrons. The van der Waals surface area contributed by atoms with E-state index in [1.807, 2.05) is 12.1 Å². The van der Waals surface area contributed by atoms with E-state index in [4.69, 9.17) is 0 Å². The molecule has 1 unspecified atom stereocenters. The lowest BCUT2D eigenvalue weighted by atomic mass is 9.79. The first kappa shape index (κ1) is 15.4. The van der Waals surface area contributed by atoms with Gasteiger partial charge in [0.25, 0.3) is 0 Å². The molecule has 0 nitrogen and oxygen atoms in total. The van der Waals surface area contributed by atoms with Crippen LogP contribution in [0.5, 0.6) is 0 Å². The molecular formula is C19H21F3. The van der Waals surface area contributed by atoms with Gasteiger partial charge in [-0.1, -0.05) is 44.0 Å². The summed E-state index contributed by atoms with van der Waals surface area (Å²) in [7, 11) is 0. The van der Waals surface area contributed by atoms with Gasteiger partial charge in [-0.15, -0.1) is 0 Å². The average molecular weight is 306 g/mol. The van der Waals surface area contributed by atoms with Crippen LogP contribution in [-0.2, 0) is 0 Å². The van der Waals surface area contributed by atoms with Crippen molar-refractivity contribution in [1.29, 1.82) is 0 Å². The number of benzene rings is 1. The minimum atomic E-state index is -1.34. The molecule has 0 heterocycles. The summed E-state index contributed by atoms with van der Waals surface area (Å²) < 4.78 is 39.8. The Morgan fingerprint density at radius 1 is 0.864 bits per heavy atom. The predicted molar refractivity (Wildman–Crippen MR) is 82.6 cm³/mol. The quantitative estimate of drug-likeness (QED) is 0.587. The van der Waals surface area contributed by atoms with Crippen molar-refractivity contribution in [3.8, 4) is 0 Å². The van der Waals surface area contributed by atoms with Gasteiger partial charge >= 0.3 is 0 Å². The summed E-state index contributed by atoms with van der Waals surface area (Å²) in [5.74, 6) is -2.42. The zero-order chi connectivity index (χ0) is 15.7. The first-order chi connectivity index (χ1) is 10.5. The van der Waals surface area contributed by atoms with Crippen molar-refractivity contribution >= 4 is 0 Å². The molecule has 2 aliphatic rings. The number of rotatable bonds is 2. The highest BCUT2D eigenvalue weighted by atomic mass is 19.2. The third-order valence-electron chi connectivity index (χ3n) is 5.05. The van der Waals surface area contributed by atoms with Crippen LogP contribution in [0.3, 0.4) is 0 Å². The Kier molecular flexibility index (Phi) is 4.42. The van der Waals surface area contributed by atoms with Crippen molar-refractivity contribution in [1.82, 2.24) is 0 Å². The van der Waals surface area contributed by atoms with E-state index in [1.165, 1.54) is 37.3 Å². The van der Waals surface area contributed by atoms with Crippen molar-refractivity contribution in [2.75, 3.05) is 0 Å². The number of halogens is 3. The molecule has 0 aliphatic heterocycles. The third kappa shape index (κ3) is 3.13. The van der Waals surface area contributed by atoms with E-state index in [1.54, 1.807) is 0 Å². The summed E-state index contributed by atoms with van der Waals surface area (Å²) in [6, 6.07) is 7.99. The minimum Gasteiger partial charge on any atom is -0.208 e. The highest BCUT2D eigenvalue weighted by Gasteiger charge is 2.25. The van der Waals surface area contributed by atoms with Gasteiger partial charge in [-0.05, 0) is 41.9 Å². The van der Waals surface area contributed by atoms with E-state index in [2.05, 4.69) is 19.1 Å². The molecule has 0 N–H and O–H groups in total. The van der Waals surface area contributed by atoms with Gasteiger partial charge in [0.1, 0.15) is 5.83 Å². The van der Waals surface area contributed by atoms with Crippen LogP contribution in [0.25, 0.3) is 0 Å². The molecule has 0 spiro atoms. The Labute approximate surface area is 129 Å². The van der Waals surface area contributed by atoms with Gasteiger partial charge in [0.05, 0.1) is 0 Å². The Hall–Kier alpha value is -1.51. The van der Waals surface area contributed by atoms with Crippen LogP contribution in [0, 0.1) is 5.92 Å². The van der Waals surface area contributed by atoms with Crippen molar-refractivity contribution < 1.29 is 13.2 Å². The molecule has 0 aromatic heterocycles. The molecule has 2 aliphatic carbocycles. The molecule has 1 atom stereocenters. The van der Waals surface area contributed by atoms with Crippen molar-refractivity contribution in [2.45, 2.75) is 50.9 Å². The van der Waals surface area contributed by atoms with Crippen LogP contribution in [0.2, 0.25) is 0 Å². The second-order valence-corrected chi connectivity index (χ2v) is 6.67. The highest BCUT2D eigenvalue weighted by molar-refractivity contribution is 5.37. The standard InChI is InChI=1S/C19H21F3/c1-12-2-4-13(5-3-12)14-6-8-15(9-7-14)16-10-17(20)19(22)18(21)11-16/h6-10,12-13,16H,2-5,11H2,1H3. The smallest absolute Gasteiger partial charge is 0.189 e. The van der Waals surface area contributed by atoms with Gasteiger partial charge in [-0.25, -0.2) is 13.2 Å². The van der Waals surface area contributed by atoms with Crippen molar-refractivity contribution in [2.24, 2.45) is 5.92 Å². The van der Waals surface area contributed by atoms with Crippen LogP contribution in [0.4, 0.5) is 13.2 Å². The van der Waals surface area contributed by atoms with Crippen LogP contribution < -0.4 is 0 Å². The zero-order valence-corrected chi connectivity index (χ0v) is 12.8. The number of hydrogen-bond acceptors (Lipinski definition) is 0. The van der Waals surface area contributed by atoms with Gasteiger partial charge in [0.2, 0.25) is 0 Å². The van der Waals surface area contributed by atoms with Crippen LogP contribution in [0.15, 0.2) is 47.8 Å². The molecule has 0 bridgehead atoms. The van der Waals surface area contributed by atoms with Crippen LogP contribution >= 0.6 is 0 Å². The fourth-order valence-electron chi connectivity index (χ4n) is 3.54. The average Bonchev–Trinajstić information content (AvgIpc) is 2.53. The van der Waals surface area contributed by atoms with Gasteiger partial charge in [-0.2, -0.15) is 0 Å². The lowest BCUT2D eigenvalue weighted by Crippen LogP contribution is -2.11. The molecule has 0 amide bonds. The lowest BCUT2D eigenvalue weighted by Gasteiger charge is -2.27. The molecule has 22 heavy (non-hydrogen) atoms. The molecule has 1 aromatic carbocycles. The van der Waals surface area contributed by atoms with Gasteiger partial charge in [-0.3, -0.25) is 0 Å². The Morgan fingerprint density at radius 2 is 1.45 bits per heavy atom. The number of allylic oxidation sites excluding steroid dienone is 4. The Morgan fingerprint density at radius 3 is 2.05 bits per heavy atom. The molecular weight excluding hydrogens is 285 g/mol. The summed E-state index contributed by atoms with van der Waals surface area (Å²) in [5, 5.41) is 0. The molecule has 1 saturated carbocycles. The number of hydrogen-bond donors (Lipinski definition) is 0. The topological polar surface area (TPSA) is 0 Å². The third-order valence-corrected chi connectivity index (χ3v) is 5.05. The molecule has 0 saturated heterocycles. The summed E-state index contributed by atoms with van der Waals surface area (Å²) in [6.45, 7) is 2.30. The van der Waals surface area contributed by atoms with Crippen molar-refractivity contribution in [3.05, 3.63) is 58.9 Å². The fourth-order valence-corrected chi connectivity index (χ4v) is 3.54. The Bertz CT molecular complexity index is 590. The van der Waals surface area contributed by atoms with E-state index < -0.39 is 23.4 Å². The van der Waals surface area contributed by atoms with Crippen molar-refractivity contribution in [3.63, 3.8) is 0 Å². The summed E-state index contributed by atoms with van der Waals surface area (Å²) in [6.07, 6.45) is 6.02. The lowest BCUT2D eigenvalue weighted by molar-refractivity contribution is 0.348. The zero-order valence-electron chi connectivity index (χ0n) is 12.8. The largest absolute Gasteiger partial charge is 0.208 e. The fraction of sp³-hybridized carbons (Fsp3) is 0.474. The summed E-state index contributed by atoms with van der Waals surface area (Å²) in [4.78, 5) is 0. The molecule has 3 heteroatoms. The monoisotopic (exact) mass is 306 g/mol. The van der Waals surface area contributed by atoms with E-state index in [0.717, 1.165) is 11.5 Å². The maximum absolute atomic E-state index is 13.4. The second kappa shape index (κ2) is 6.31. The normalized spacial score (nSPS) is 29.5.